The monoisotopic (exact) mass is 339 g/mol. The van der Waals surface area contributed by atoms with Crippen LogP contribution in [-0.2, 0) is 0 Å². The zero-order chi connectivity index (χ0) is 17.2. The molecule has 25 heavy (non-hydrogen) atoms. The summed E-state index contributed by atoms with van der Waals surface area (Å²) in [5.41, 5.74) is 3.04. The van der Waals surface area contributed by atoms with E-state index in [-0.39, 0.29) is 6.61 Å². The van der Waals surface area contributed by atoms with Crippen molar-refractivity contribution < 1.29 is 10.0 Å². The Morgan fingerprint density at radius 1 is 1.20 bits per heavy atom. The van der Waals surface area contributed by atoms with Crippen LogP contribution >= 0.6 is 0 Å². The molecule has 130 valence electrons. The Labute approximate surface area is 146 Å². The van der Waals surface area contributed by atoms with Gasteiger partial charge in [-0.05, 0) is 24.6 Å². The van der Waals surface area contributed by atoms with Crippen molar-refractivity contribution in [1.29, 1.82) is 0 Å². The smallest absolute Gasteiger partial charge is 0.168 e. The normalized spacial score (nSPS) is 15.8. The van der Waals surface area contributed by atoms with Gasteiger partial charge in [-0.2, -0.15) is 5.10 Å². The predicted octanol–water partition coefficient (Wildman–Crippen LogP) is -0.179. The zero-order valence-electron chi connectivity index (χ0n) is 14.4. The number of aryl methyl sites for hydroxylation is 1. The summed E-state index contributed by atoms with van der Waals surface area (Å²) in [6, 6.07) is 8.25. The second kappa shape index (κ2) is 6.78. The Kier molecular flexibility index (Phi) is 4.33. The van der Waals surface area contributed by atoms with Crippen LogP contribution in [0, 0.1) is 6.92 Å². The first-order valence-electron chi connectivity index (χ1n) is 8.71. The van der Waals surface area contributed by atoms with Gasteiger partial charge in [0.05, 0.1) is 50.1 Å². The Morgan fingerprint density at radius 2 is 2.04 bits per heavy atom. The second-order valence-electron chi connectivity index (χ2n) is 6.54. The van der Waals surface area contributed by atoms with E-state index < -0.39 is 0 Å². The van der Waals surface area contributed by atoms with Crippen LogP contribution in [-0.4, -0.2) is 64.2 Å². The molecular formula is C18H23N6O+. The third-order valence-electron chi connectivity index (χ3n) is 4.83. The van der Waals surface area contributed by atoms with Gasteiger partial charge in [-0.25, -0.2) is 14.6 Å². The lowest BCUT2D eigenvalue weighted by Crippen LogP contribution is -3.15. The van der Waals surface area contributed by atoms with E-state index in [0.29, 0.717) is 0 Å². The molecule has 0 spiro atoms. The molecule has 0 atom stereocenters. The number of aromatic nitrogens is 4. The molecule has 3 aromatic rings. The zero-order valence-corrected chi connectivity index (χ0v) is 14.4. The van der Waals surface area contributed by atoms with Crippen LogP contribution in [0.2, 0.25) is 0 Å². The van der Waals surface area contributed by atoms with Gasteiger partial charge in [0.15, 0.2) is 5.65 Å². The SMILES string of the molecule is Cc1cccc(-n2ncc3c(N4CC[NH+](CCO)CC4)ncnc32)c1. The van der Waals surface area contributed by atoms with Crippen LogP contribution < -0.4 is 9.80 Å². The van der Waals surface area contributed by atoms with Crippen LogP contribution in [0.25, 0.3) is 16.7 Å². The van der Waals surface area contributed by atoms with Gasteiger partial charge in [0, 0.05) is 0 Å². The molecule has 7 heteroatoms. The van der Waals surface area contributed by atoms with E-state index >= 15 is 0 Å². The summed E-state index contributed by atoms with van der Waals surface area (Å²) in [5, 5.41) is 14.6. The lowest BCUT2D eigenvalue weighted by molar-refractivity contribution is -0.900. The molecular weight excluding hydrogens is 316 g/mol. The van der Waals surface area contributed by atoms with E-state index in [1.54, 1.807) is 6.33 Å². The molecule has 0 aliphatic carbocycles. The minimum atomic E-state index is 0.246. The molecule has 2 aromatic heterocycles. The summed E-state index contributed by atoms with van der Waals surface area (Å²) in [7, 11) is 0. The molecule has 4 rings (SSSR count). The van der Waals surface area contributed by atoms with Crippen molar-refractivity contribution in [2.75, 3.05) is 44.2 Å². The van der Waals surface area contributed by atoms with Gasteiger partial charge in [0.1, 0.15) is 18.7 Å². The first-order valence-corrected chi connectivity index (χ1v) is 8.71. The third-order valence-corrected chi connectivity index (χ3v) is 4.83. The minimum absolute atomic E-state index is 0.246. The summed E-state index contributed by atoms with van der Waals surface area (Å²) in [4.78, 5) is 12.7. The Hall–Kier alpha value is -2.51. The number of aliphatic hydroxyl groups is 1. The number of hydrogen-bond acceptors (Lipinski definition) is 5. The minimum Gasteiger partial charge on any atom is -0.391 e. The molecule has 0 bridgehead atoms. The average molecular weight is 339 g/mol. The number of benzene rings is 1. The maximum atomic E-state index is 9.11. The van der Waals surface area contributed by atoms with E-state index in [4.69, 9.17) is 5.11 Å². The largest absolute Gasteiger partial charge is 0.391 e. The molecule has 1 saturated heterocycles. The lowest BCUT2D eigenvalue weighted by atomic mass is 10.2. The number of quaternary nitrogens is 1. The summed E-state index contributed by atoms with van der Waals surface area (Å²) in [6.07, 6.45) is 3.48. The lowest BCUT2D eigenvalue weighted by Gasteiger charge is -2.32. The van der Waals surface area contributed by atoms with Crippen LogP contribution in [0.5, 0.6) is 0 Å². The third kappa shape index (κ3) is 3.08. The number of rotatable bonds is 4. The molecule has 3 heterocycles. The van der Waals surface area contributed by atoms with Crippen molar-refractivity contribution in [1.82, 2.24) is 19.7 Å². The first kappa shape index (κ1) is 16.0. The van der Waals surface area contributed by atoms with Crippen molar-refractivity contribution in [3.8, 4) is 5.69 Å². The van der Waals surface area contributed by atoms with Crippen LogP contribution in [0.1, 0.15) is 5.56 Å². The van der Waals surface area contributed by atoms with Gasteiger partial charge < -0.3 is 14.9 Å². The Morgan fingerprint density at radius 3 is 2.80 bits per heavy atom. The highest BCUT2D eigenvalue weighted by Gasteiger charge is 2.23. The van der Waals surface area contributed by atoms with Gasteiger partial charge in [-0.15, -0.1) is 0 Å². The van der Waals surface area contributed by atoms with E-state index in [1.807, 2.05) is 23.0 Å². The molecule has 1 aliphatic heterocycles. The van der Waals surface area contributed by atoms with E-state index in [0.717, 1.165) is 55.3 Å². The molecule has 7 nitrogen and oxygen atoms in total. The molecule has 1 fully saturated rings. The van der Waals surface area contributed by atoms with Gasteiger partial charge in [-0.3, -0.25) is 0 Å². The van der Waals surface area contributed by atoms with Gasteiger partial charge in [0.2, 0.25) is 0 Å². The Balaban J connectivity index is 1.66. The van der Waals surface area contributed by atoms with Crippen molar-refractivity contribution in [3.63, 3.8) is 0 Å². The topological polar surface area (TPSA) is 71.5 Å². The van der Waals surface area contributed by atoms with Crippen molar-refractivity contribution in [2.24, 2.45) is 0 Å². The number of nitrogens with zero attached hydrogens (tertiary/aromatic N) is 5. The maximum Gasteiger partial charge on any atom is 0.168 e. The number of piperazine rings is 1. The van der Waals surface area contributed by atoms with E-state index in [2.05, 4.69) is 39.0 Å². The highest BCUT2D eigenvalue weighted by atomic mass is 16.3. The molecule has 0 radical (unpaired) electrons. The Bertz CT molecular complexity index is 869. The fraction of sp³-hybridized carbons (Fsp3) is 0.389. The number of hydrogen-bond donors (Lipinski definition) is 2. The average Bonchev–Trinajstić information content (AvgIpc) is 3.07. The molecule has 1 aromatic carbocycles. The highest BCUT2D eigenvalue weighted by molar-refractivity contribution is 5.87. The van der Waals surface area contributed by atoms with Crippen molar-refractivity contribution >= 4 is 16.9 Å². The summed E-state index contributed by atoms with van der Waals surface area (Å²) < 4.78 is 1.88. The molecule has 0 saturated carbocycles. The second-order valence-corrected chi connectivity index (χ2v) is 6.54. The van der Waals surface area contributed by atoms with Gasteiger partial charge in [-0.1, -0.05) is 12.1 Å². The van der Waals surface area contributed by atoms with Crippen LogP contribution in [0.15, 0.2) is 36.8 Å². The summed E-state index contributed by atoms with van der Waals surface area (Å²) >= 11 is 0. The van der Waals surface area contributed by atoms with Crippen molar-refractivity contribution in [2.45, 2.75) is 6.92 Å². The summed E-state index contributed by atoms with van der Waals surface area (Å²) in [6.45, 7) is 7.02. The van der Waals surface area contributed by atoms with E-state index in [9.17, 15) is 0 Å². The standard InChI is InChI=1S/C18H22N6O/c1-14-3-2-4-15(11-14)24-18-16(12-21-24)17(19-13-20-18)23-7-5-22(6-8-23)9-10-25/h2-4,11-13,25H,5-10H2,1H3/p+1. The predicted molar refractivity (Wildman–Crippen MR) is 96.3 cm³/mol. The quantitative estimate of drug-likeness (QED) is 0.690. The maximum absolute atomic E-state index is 9.11. The van der Waals surface area contributed by atoms with Crippen LogP contribution in [0.3, 0.4) is 0 Å². The van der Waals surface area contributed by atoms with Gasteiger partial charge in [0.25, 0.3) is 0 Å². The number of anilines is 1. The number of aliphatic hydroxyl groups excluding tert-OH is 1. The molecule has 1 aliphatic rings. The molecule has 0 amide bonds. The number of nitrogens with one attached hydrogen (secondary N) is 1. The van der Waals surface area contributed by atoms with Crippen LogP contribution in [0.4, 0.5) is 5.82 Å². The van der Waals surface area contributed by atoms with Gasteiger partial charge >= 0.3 is 0 Å². The first-order chi connectivity index (χ1) is 12.3. The number of fused-ring (bicyclic) bond motifs is 1. The molecule has 0 unspecified atom stereocenters. The van der Waals surface area contributed by atoms with E-state index in [1.165, 1.54) is 10.5 Å². The summed E-state index contributed by atoms with van der Waals surface area (Å²) in [5.74, 6) is 0.951. The fourth-order valence-corrected chi connectivity index (χ4v) is 3.48. The fourth-order valence-electron chi connectivity index (χ4n) is 3.48. The molecule has 2 N–H and O–H groups in total. The highest BCUT2D eigenvalue weighted by Crippen LogP contribution is 2.24. The van der Waals surface area contributed by atoms with Crippen molar-refractivity contribution in [3.05, 3.63) is 42.4 Å².